The molecule has 0 spiro atoms. The summed E-state index contributed by atoms with van der Waals surface area (Å²) in [6.07, 6.45) is 3.76. The largest absolute Gasteiger partial charge is 0.338 e. The second kappa shape index (κ2) is 6.15. The molecule has 1 rings (SSSR count). The van der Waals surface area contributed by atoms with E-state index in [1.165, 1.54) is 0 Å². The van der Waals surface area contributed by atoms with E-state index in [1.54, 1.807) is 6.20 Å². The van der Waals surface area contributed by atoms with Gasteiger partial charge in [-0.2, -0.15) is 5.10 Å². The first kappa shape index (κ1) is 12.5. The maximum absolute atomic E-state index is 11.5. The molecule has 0 saturated heterocycles. The van der Waals surface area contributed by atoms with E-state index < -0.39 is 0 Å². The van der Waals surface area contributed by atoms with Gasteiger partial charge in [-0.15, -0.1) is 0 Å². The summed E-state index contributed by atoms with van der Waals surface area (Å²) in [5.74, 6) is 0. The first-order chi connectivity index (χ1) is 7.69. The van der Waals surface area contributed by atoms with Crippen molar-refractivity contribution >= 4 is 11.7 Å². The van der Waals surface area contributed by atoms with Crippen LogP contribution in [0.25, 0.3) is 0 Å². The second-order valence-electron chi connectivity index (χ2n) is 3.69. The van der Waals surface area contributed by atoms with Crippen LogP contribution >= 0.6 is 0 Å². The molecule has 0 aliphatic rings. The molecule has 0 fully saturated rings. The van der Waals surface area contributed by atoms with Crippen molar-refractivity contribution in [3.05, 3.63) is 11.9 Å². The maximum atomic E-state index is 11.5. The Bertz CT molecular complexity index is 346. The van der Waals surface area contributed by atoms with E-state index in [4.69, 9.17) is 0 Å². The SMILES string of the molecule is CCCCNC(=O)Nc1cnn(CC)c1C. The van der Waals surface area contributed by atoms with Crippen LogP contribution < -0.4 is 10.6 Å². The lowest BCUT2D eigenvalue weighted by Gasteiger charge is -2.06. The van der Waals surface area contributed by atoms with Crippen LogP contribution in [0.5, 0.6) is 0 Å². The number of aryl methyl sites for hydroxylation is 1. The first-order valence-electron chi connectivity index (χ1n) is 5.76. The minimum absolute atomic E-state index is 0.160. The quantitative estimate of drug-likeness (QED) is 0.753. The summed E-state index contributed by atoms with van der Waals surface area (Å²) in [6, 6.07) is -0.160. The summed E-state index contributed by atoms with van der Waals surface area (Å²) in [5, 5.41) is 9.75. The number of amides is 2. The molecule has 0 aliphatic carbocycles. The van der Waals surface area contributed by atoms with Crippen LogP contribution in [0.1, 0.15) is 32.4 Å². The second-order valence-corrected chi connectivity index (χ2v) is 3.69. The zero-order chi connectivity index (χ0) is 12.0. The smallest absolute Gasteiger partial charge is 0.319 e. The molecule has 90 valence electrons. The number of anilines is 1. The molecule has 1 heterocycles. The van der Waals surface area contributed by atoms with E-state index in [0.29, 0.717) is 6.54 Å². The van der Waals surface area contributed by atoms with Gasteiger partial charge in [0.05, 0.1) is 17.6 Å². The summed E-state index contributed by atoms with van der Waals surface area (Å²) in [5.41, 5.74) is 1.75. The van der Waals surface area contributed by atoms with Gasteiger partial charge in [-0.1, -0.05) is 13.3 Å². The topological polar surface area (TPSA) is 59.0 Å². The number of hydrogen-bond acceptors (Lipinski definition) is 2. The van der Waals surface area contributed by atoms with Crippen molar-refractivity contribution in [1.82, 2.24) is 15.1 Å². The molecule has 2 amide bonds. The lowest BCUT2D eigenvalue weighted by atomic mass is 10.3. The first-order valence-corrected chi connectivity index (χ1v) is 5.76. The number of aromatic nitrogens is 2. The molecular weight excluding hydrogens is 204 g/mol. The molecule has 0 aliphatic heterocycles. The van der Waals surface area contributed by atoms with Gasteiger partial charge in [0.2, 0.25) is 0 Å². The molecular formula is C11H20N4O. The molecule has 0 atom stereocenters. The van der Waals surface area contributed by atoms with Gasteiger partial charge in [0, 0.05) is 13.1 Å². The van der Waals surface area contributed by atoms with Gasteiger partial charge < -0.3 is 10.6 Å². The van der Waals surface area contributed by atoms with Crippen molar-refractivity contribution in [3.8, 4) is 0 Å². The van der Waals surface area contributed by atoms with Crippen molar-refractivity contribution in [3.63, 3.8) is 0 Å². The van der Waals surface area contributed by atoms with Crippen molar-refractivity contribution < 1.29 is 4.79 Å². The lowest BCUT2D eigenvalue weighted by molar-refractivity contribution is 0.252. The Labute approximate surface area is 96.2 Å². The highest BCUT2D eigenvalue weighted by atomic mass is 16.2. The number of rotatable bonds is 5. The van der Waals surface area contributed by atoms with Gasteiger partial charge in [-0.05, 0) is 20.3 Å². The maximum Gasteiger partial charge on any atom is 0.319 e. The highest BCUT2D eigenvalue weighted by molar-refractivity contribution is 5.89. The third-order valence-corrected chi connectivity index (χ3v) is 2.47. The molecule has 0 unspecified atom stereocenters. The number of carbonyl (C=O) groups excluding carboxylic acids is 1. The Kier molecular flexibility index (Phi) is 4.82. The van der Waals surface area contributed by atoms with Gasteiger partial charge in [-0.3, -0.25) is 4.68 Å². The predicted molar refractivity (Wildman–Crippen MR) is 64.6 cm³/mol. The Morgan fingerprint density at radius 3 is 2.81 bits per heavy atom. The Balaban J connectivity index is 2.46. The lowest BCUT2D eigenvalue weighted by Crippen LogP contribution is -2.29. The average molecular weight is 224 g/mol. The fraction of sp³-hybridized carbons (Fsp3) is 0.636. The van der Waals surface area contributed by atoms with E-state index in [-0.39, 0.29) is 6.03 Å². The third kappa shape index (κ3) is 3.25. The zero-order valence-electron chi connectivity index (χ0n) is 10.2. The fourth-order valence-electron chi connectivity index (χ4n) is 1.43. The fourth-order valence-corrected chi connectivity index (χ4v) is 1.43. The van der Waals surface area contributed by atoms with Crippen LogP contribution in [-0.4, -0.2) is 22.4 Å². The van der Waals surface area contributed by atoms with Gasteiger partial charge >= 0.3 is 6.03 Å². The highest BCUT2D eigenvalue weighted by Crippen LogP contribution is 2.12. The normalized spacial score (nSPS) is 10.2. The van der Waals surface area contributed by atoms with Crippen molar-refractivity contribution in [2.45, 2.75) is 40.2 Å². The summed E-state index contributed by atoms with van der Waals surface area (Å²) >= 11 is 0. The summed E-state index contributed by atoms with van der Waals surface area (Å²) in [7, 11) is 0. The van der Waals surface area contributed by atoms with Crippen LogP contribution in [0.3, 0.4) is 0 Å². The summed E-state index contributed by atoms with van der Waals surface area (Å²) in [4.78, 5) is 11.5. The molecule has 2 N–H and O–H groups in total. The Hall–Kier alpha value is -1.52. The predicted octanol–water partition coefficient (Wildman–Crippen LogP) is 2.13. The molecule has 0 bridgehead atoms. The van der Waals surface area contributed by atoms with E-state index in [9.17, 15) is 4.79 Å². The van der Waals surface area contributed by atoms with Crippen molar-refractivity contribution in [2.75, 3.05) is 11.9 Å². The Morgan fingerprint density at radius 1 is 1.50 bits per heavy atom. The van der Waals surface area contributed by atoms with Crippen LogP contribution in [-0.2, 0) is 6.54 Å². The van der Waals surface area contributed by atoms with E-state index in [0.717, 1.165) is 30.8 Å². The average Bonchev–Trinajstić information content (AvgIpc) is 2.60. The molecule has 0 aromatic carbocycles. The molecule has 5 heteroatoms. The highest BCUT2D eigenvalue weighted by Gasteiger charge is 2.07. The summed E-state index contributed by atoms with van der Waals surface area (Å²) in [6.45, 7) is 7.58. The molecule has 16 heavy (non-hydrogen) atoms. The van der Waals surface area contributed by atoms with E-state index in [2.05, 4.69) is 22.7 Å². The molecule has 0 radical (unpaired) electrons. The van der Waals surface area contributed by atoms with Crippen molar-refractivity contribution in [1.29, 1.82) is 0 Å². The summed E-state index contributed by atoms with van der Waals surface area (Å²) < 4.78 is 1.85. The third-order valence-electron chi connectivity index (χ3n) is 2.47. The van der Waals surface area contributed by atoms with Gasteiger partial charge in [0.15, 0.2) is 0 Å². The minimum atomic E-state index is -0.160. The van der Waals surface area contributed by atoms with E-state index in [1.807, 2.05) is 18.5 Å². The van der Waals surface area contributed by atoms with Crippen LogP contribution in [0.4, 0.5) is 10.5 Å². The zero-order valence-corrected chi connectivity index (χ0v) is 10.2. The molecule has 1 aromatic rings. The number of urea groups is 1. The van der Waals surface area contributed by atoms with Gasteiger partial charge in [-0.25, -0.2) is 4.79 Å². The van der Waals surface area contributed by atoms with Crippen molar-refractivity contribution in [2.24, 2.45) is 0 Å². The molecule has 5 nitrogen and oxygen atoms in total. The van der Waals surface area contributed by atoms with Gasteiger partial charge in [0.1, 0.15) is 0 Å². The van der Waals surface area contributed by atoms with Crippen LogP contribution in [0.2, 0.25) is 0 Å². The number of unbranched alkanes of at least 4 members (excludes halogenated alkanes) is 1. The standard InChI is InChI=1S/C11H20N4O/c1-4-6-7-12-11(16)14-10-8-13-15(5-2)9(10)3/h8H,4-7H2,1-3H3,(H2,12,14,16). The van der Waals surface area contributed by atoms with Gasteiger partial charge in [0.25, 0.3) is 0 Å². The number of carbonyl (C=O) groups is 1. The van der Waals surface area contributed by atoms with Crippen LogP contribution in [0, 0.1) is 6.92 Å². The monoisotopic (exact) mass is 224 g/mol. The van der Waals surface area contributed by atoms with E-state index >= 15 is 0 Å². The minimum Gasteiger partial charge on any atom is -0.338 e. The Morgan fingerprint density at radius 2 is 2.25 bits per heavy atom. The molecule has 0 saturated carbocycles. The van der Waals surface area contributed by atoms with Crippen LogP contribution in [0.15, 0.2) is 6.20 Å². The molecule has 1 aromatic heterocycles. The number of nitrogens with one attached hydrogen (secondary N) is 2. The number of hydrogen-bond donors (Lipinski definition) is 2. The number of nitrogens with zero attached hydrogens (tertiary/aromatic N) is 2.